The Bertz CT molecular complexity index is 1400. The van der Waals surface area contributed by atoms with Gasteiger partial charge in [0, 0.05) is 33.6 Å². The molecule has 0 spiro atoms. The molecule has 0 radical (unpaired) electrons. The van der Waals surface area contributed by atoms with Crippen LogP contribution in [0.4, 0.5) is 5.69 Å². The van der Waals surface area contributed by atoms with Crippen LogP contribution in [0.15, 0.2) is 78.9 Å². The molecule has 1 unspecified atom stereocenters. The van der Waals surface area contributed by atoms with Crippen molar-refractivity contribution < 1.29 is 18.0 Å². The van der Waals surface area contributed by atoms with Crippen LogP contribution >= 0.6 is 0 Å². The van der Waals surface area contributed by atoms with Gasteiger partial charge >= 0.3 is 10.2 Å². The number of nitrogens with zero attached hydrogens (tertiary/aromatic N) is 3. The van der Waals surface area contributed by atoms with Gasteiger partial charge in [-0.1, -0.05) is 86.1 Å². The Morgan fingerprint density at radius 2 is 1.49 bits per heavy atom. The van der Waals surface area contributed by atoms with E-state index in [1.165, 1.54) is 19.0 Å². The van der Waals surface area contributed by atoms with Crippen molar-refractivity contribution in [2.24, 2.45) is 0 Å². The minimum Gasteiger partial charge on any atom is -0.354 e. The number of carbonyl (C=O) groups is 2. The Morgan fingerprint density at radius 3 is 2.07 bits per heavy atom. The van der Waals surface area contributed by atoms with Crippen molar-refractivity contribution in [2.45, 2.75) is 52.6 Å². The van der Waals surface area contributed by atoms with Crippen LogP contribution in [0.1, 0.15) is 42.0 Å². The van der Waals surface area contributed by atoms with Crippen molar-refractivity contribution in [3.8, 4) is 0 Å². The van der Waals surface area contributed by atoms with Gasteiger partial charge in [-0.3, -0.25) is 9.59 Å². The lowest BCUT2D eigenvalue weighted by Gasteiger charge is -2.35. The third-order valence-electron chi connectivity index (χ3n) is 6.95. The number of aryl methyl sites for hydroxylation is 2. The number of hydrogen-bond acceptors (Lipinski definition) is 4. The summed E-state index contributed by atoms with van der Waals surface area (Å²) in [5.41, 5.74) is 3.77. The maximum atomic E-state index is 14.3. The number of anilines is 1. The number of rotatable bonds is 14. The van der Waals surface area contributed by atoms with Crippen molar-refractivity contribution in [2.75, 3.05) is 31.5 Å². The summed E-state index contributed by atoms with van der Waals surface area (Å²) in [4.78, 5) is 29.5. The molecule has 3 aromatic carbocycles. The van der Waals surface area contributed by atoms with Crippen molar-refractivity contribution in [3.63, 3.8) is 0 Å². The van der Waals surface area contributed by atoms with E-state index >= 15 is 0 Å². The first-order valence-electron chi connectivity index (χ1n) is 14.0. The van der Waals surface area contributed by atoms with E-state index in [0.29, 0.717) is 18.7 Å². The molecule has 0 aromatic heterocycles. The molecule has 0 fully saturated rings. The molecule has 0 heterocycles. The lowest BCUT2D eigenvalue weighted by molar-refractivity contribution is -0.140. The fraction of sp³-hybridized carbons (Fsp3) is 0.375. The third kappa shape index (κ3) is 8.65. The lowest BCUT2D eigenvalue weighted by atomic mass is 10.0. The summed E-state index contributed by atoms with van der Waals surface area (Å²) in [6, 6.07) is 23.7. The van der Waals surface area contributed by atoms with Crippen LogP contribution in [-0.2, 0) is 32.8 Å². The zero-order chi connectivity index (χ0) is 30.0. The van der Waals surface area contributed by atoms with Gasteiger partial charge in [-0.25, -0.2) is 4.31 Å². The van der Waals surface area contributed by atoms with Crippen molar-refractivity contribution in [3.05, 3.63) is 101 Å². The molecule has 2 amide bonds. The van der Waals surface area contributed by atoms with E-state index in [9.17, 15) is 18.0 Å². The largest absolute Gasteiger partial charge is 0.354 e. The SMILES string of the molecule is CCCCNC(=O)C(Cc1ccccc1)N(Cc1ccccc1)C(=O)CN(c1cc(C)ccc1C)S(=O)(=O)N(C)C. The summed E-state index contributed by atoms with van der Waals surface area (Å²) < 4.78 is 29.4. The predicted octanol–water partition coefficient (Wildman–Crippen LogP) is 4.47. The van der Waals surface area contributed by atoms with Crippen molar-refractivity contribution in [1.29, 1.82) is 0 Å². The molecule has 220 valence electrons. The van der Waals surface area contributed by atoms with Gasteiger partial charge in [0.15, 0.2) is 0 Å². The van der Waals surface area contributed by atoms with Gasteiger partial charge in [0.1, 0.15) is 12.6 Å². The quantitative estimate of drug-likeness (QED) is 0.286. The van der Waals surface area contributed by atoms with Gasteiger partial charge in [0.25, 0.3) is 0 Å². The molecule has 0 aliphatic heterocycles. The van der Waals surface area contributed by atoms with Gasteiger partial charge in [0.05, 0.1) is 5.69 Å². The highest BCUT2D eigenvalue weighted by Gasteiger charge is 2.35. The zero-order valence-corrected chi connectivity index (χ0v) is 25.5. The maximum absolute atomic E-state index is 14.3. The molecule has 0 aliphatic carbocycles. The molecular weight excluding hydrogens is 536 g/mol. The summed E-state index contributed by atoms with van der Waals surface area (Å²) in [5, 5.41) is 3.00. The van der Waals surface area contributed by atoms with Gasteiger partial charge in [-0.15, -0.1) is 0 Å². The van der Waals surface area contributed by atoms with E-state index in [-0.39, 0.29) is 12.5 Å². The van der Waals surface area contributed by atoms with Crippen LogP contribution < -0.4 is 9.62 Å². The monoisotopic (exact) mass is 578 g/mol. The highest BCUT2D eigenvalue weighted by Crippen LogP contribution is 2.26. The summed E-state index contributed by atoms with van der Waals surface area (Å²) >= 11 is 0. The molecule has 1 N–H and O–H groups in total. The molecule has 3 aromatic rings. The molecule has 9 heteroatoms. The molecule has 8 nitrogen and oxygen atoms in total. The molecule has 3 rings (SSSR count). The zero-order valence-electron chi connectivity index (χ0n) is 24.7. The van der Waals surface area contributed by atoms with E-state index in [0.717, 1.165) is 43.7 Å². The van der Waals surface area contributed by atoms with E-state index in [4.69, 9.17) is 0 Å². The van der Waals surface area contributed by atoms with Crippen LogP contribution in [0.3, 0.4) is 0 Å². The van der Waals surface area contributed by atoms with Crippen molar-refractivity contribution in [1.82, 2.24) is 14.5 Å². The molecule has 0 aliphatic rings. The van der Waals surface area contributed by atoms with Crippen LogP contribution in [-0.4, -0.2) is 62.7 Å². The second-order valence-electron chi connectivity index (χ2n) is 10.4. The molecule has 0 saturated heterocycles. The fourth-order valence-electron chi connectivity index (χ4n) is 4.53. The third-order valence-corrected chi connectivity index (χ3v) is 8.75. The molecule has 1 atom stereocenters. The summed E-state index contributed by atoms with van der Waals surface area (Å²) in [7, 11) is -1.15. The Labute approximate surface area is 245 Å². The molecule has 0 bridgehead atoms. The molecule has 0 saturated carbocycles. The highest BCUT2D eigenvalue weighted by atomic mass is 32.2. The summed E-state index contributed by atoms with van der Waals surface area (Å²) in [6.45, 7) is 5.94. The van der Waals surface area contributed by atoms with E-state index in [1.54, 1.807) is 6.07 Å². The van der Waals surface area contributed by atoms with Crippen LogP contribution in [0, 0.1) is 13.8 Å². The Balaban J connectivity index is 2.08. The number of unbranched alkanes of at least 4 members (excludes halogenated alkanes) is 1. The van der Waals surface area contributed by atoms with Crippen LogP contribution in [0.5, 0.6) is 0 Å². The molecular formula is C32H42N4O4S. The number of benzene rings is 3. The van der Waals surface area contributed by atoms with Crippen LogP contribution in [0.2, 0.25) is 0 Å². The Kier molecular flexibility index (Phi) is 11.5. The van der Waals surface area contributed by atoms with Gasteiger partial charge in [-0.05, 0) is 48.6 Å². The molecule has 41 heavy (non-hydrogen) atoms. The normalized spacial score (nSPS) is 12.1. The first-order valence-corrected chi connectivity index (χ1v) is 15.4. The minimum absolute atomic E-state index is 0.154. The van der Waals surface area contributed by atoms with Gasteiger partial charge in [-0.2, -0.15) is 12.7 Å². The number of hydrogen-bond donors (Lipinski definition) is 1. The summed E-state index contributed by atoms with van der Waals surface area (Å²) in [6.07, 6.45) is 2.03. The first-order chi connectivity index (χ1) is 19.5. The van der Waals surface area contributed by atoms with E-state index < -0.39 is 28.7 Å². The predicted molar refractivity (Wildman–Crippen MR) is 165 cm³/mol. The first kappa shape index (κ1) is 31.8. The van der Waals surface area contributed by atoms with Crippen LogP contribution in [0.25, 0.3) is 0 Å². The number of amides is 2. The Morgan fingerprint density at radius 1 is 0.878 bits per heavy atom. The van der Waals surface area contributed by atoms with Gasteiger partial charge < -0.3 is 10.2 Å². The summed E-state index contributed by atoms with van der Waals surface area (Å²) in [5.74, 6) is -0.730. The lowest BCUT2D eigenvalue weighted by Crippen LogP contribution is -2.54. The topological polar surface area (TPSA) is 90.0 Å². The minimum atomic E-state index is -4.04. The highest BCUT2D eigenvalue weighted by molar-refractivity contribution is 7.90. The second-order valence-corrected chi connectivity index (χ2v) is 12.5. The van der Waals surface area contributed by atoms with E-state index in [2.05, 4.69) is 5.32 Å². The Hall–Kier alpha value is -3.69. The second kappa shape index (κ2) is 14.8. The number of carbonyl (C=O) groups excluding carboxylic acids is 2. The standard InChI is InChI=1S/C32H42N4O4S/c1-6-7-20-33-32(38)30(22-27-14-10-8-11-15-27)35(23-28-16-12-9-13-17-28)31(37)24-36(41(39,40)34(4)5)29-21-25(2)18-19-26(29)3/h8-19,21,30H,6-7,20,22-24H2,1-5H3,(H,33,38). The average Bonchev–Trinajstić information content (AvgIpc) is 2.96. The van der Waals surface area contributed by atoms with E-state index in [1.807, 2.05) is 93.6 Å². The maximum Gasteiger partial charge on any atom is 0.304 e. The fourth-order valence-corrected chi connectivity index (χ4v) is 5.64. The van der Waals surface area contributed by atoms with Gasteiger partial charge in [0.2, 0.25) is 11.8 Å². The van der Waals surface area contributed by atoms with Crippen molar-refractivity contribution >= 4 is 27.7 Å². The smallest absolute Gasteiger partial charge is 0.304 e. The number of nitrogens with one attached hydrogen (secondary N) is 1. The average molecular weight is 579 g/mol.